The summed E-state index contributed by atoms with van der Waals surface area (Å²) >= 11 is 7.49. The predicted octanol–water partition coefficient (Wildman–Crippen LogP) is 6.25. The Bertz CT molecular complexity index is 1140. The normalized spacial score (nSPS) is 12.7. The van der Waals surface area contributed by atoms with Crippen molar-refractivity contribution in [2.45, 2.75) is 29.7 Å². The van der Waals surface area contributed by atoms with E-state index in [4.69, 9.17) is 16.6 Å². The van der Waals surface area contributed by atoms with E-state index in [1.54, 1.807) is 36.0 Å². The summed E-state index contributed by atoms with van der Waals surface area (Å²) in [7, 11) is 0. The number of hydrogen-bond donors (Lipinski definition) is 1. The molecule has 1 heterocycles. The molecule has 1 aliphatic rings. The van der Waals surface area contributed by atoms with Gasteiger partial charge in [-0.1, -0.05) is 41.6 Å². The molecular weight excluding hydrogens is 407 g/mol. The molecule has 0 saturated carbocycles. The monoisotopic (exact) mass is 424 g/mol. The second-order valence-electron chi connectivity index (χ2n) is 6.99. The lowest BCUT2D eigenvalue weighted by atomic mass is 10.0. The average molecular weight is 425 g/mol. The van der Waals surface area contributed by atoms with Crippen molar-refractivity contribution in [3.63, 3.8) is 0 Å². The molecule has 0 spiro atoms. The summed E-state index contributed by atoms with van der Waals surface area (Å²) in [5.74, 6) is -0.600. The van der Waals surface area contributed by atoms with Crippen LogP contribution in [0.5, 0.6) is 0 Å². The lowest BCUT2D eigenvalue weighted by Gasteiger charge is -2.10. The quantitative estimate of drug-likeness (QED) is 0.422. The van der Waals surface area contributed by atoms with Gasteiger partial charge >= 0.3 is 0 Å². The fourth-order valence-electron chi connectivity index (χ4n) is 3.12. The van der Waals surface area contributed by atoms with Crippen LogP contribution in [0.4, 0.5) is 10.1 Å². The van der Waals surface area contributed by atoms with Crippen LogP contribution >= 0.6 is 23.4 Å². The van der Waals surface area contributed by atoms with E-state index in [9.17, 15) is 9.18 Å². The highest BCUT2D eigenvalue weighted by atomic mass is 35.5. The van der Waals surface area contributed by atoms with Crippen LogP contribution in [0.15, 0.2) is 75.4 Å². The zero-order valence-corrected chi connectivity index (χ0v) is 17.4. The van der Waals surface area contributed by atoms with E-state index >= 15 is 0 Å². The molecule has 0 unspecified atom stereocenters. The van der Waals surface area contributed by atoms with Crippen LogP contribution in [0.2, 0.25) is 5.02 Å². The molecule has 0 radical (unpaired) electrons. The summed E-state index contributed by atoms with van der Waals surface area (Å²) in [5, 5.41) is 3.22. The molecule has 3 aromatic rings. The smallest absolute Gasteiger partial charge is 0.251 e. The lowest BCUT2D eigenvalue weighted by molar-refractivity contribution is 0.0943. The van der Waals surface area contributed by atoms with Crippen LogP contribution in [0.25, 0.3) is 0 Å². The molecule has 1 amide bonds. The van der Waals surface area contributed by atoms with Crippen LogP contribution in [-0.2, 0) is 0 Å². The van der Waals surface area contributed by atoms with Gasteiger partial charge in [0.05, 0.1) is 11.4 Å². The van der Waals surface area contributed by atoms with Crippen LogP contribution in [-0.4, -0.2) is 17.7 Å². The molecule has 0 saturated heterocycles. The Morgan fingerprint density at radius 3 is 2.59 bits per heavy atom. The van der Waals surface area contributed by atoms with Crippen molar-refractivity contribution in [1.82, 2.24) is 5.32 Å². The van der Waals surface area contributed by atoms with Gasteiger partial charge in [0.2, 0.25) is 0 Å². The van der Waals surface area contributed by atoms with Gasteiger partial charge in [0.1, 0.15) is 5.82 Å². The van der Waals surface area contributed by atoms with Crippen molar-refractivity contribution < 1.29 is 9.18 Å². The van der Waals surface area contributed by atoms with Crippen molar-refractivity contribution in [2.75, 3.05) is 0 Å². The second kappa shape index (κ2) is 8.01. The maximum Gasteiger partial charge on any atom is 0.251 e. The minimum absolute atomic E-state index is 0.0298. The summed E-state index contributed by atoms with van der Waals surface area (Å²) in [6.45, 7) is 3.82. The van der Waals surface area contributed by atoms with Gasteiger partial charge in [0.25, 0.3) is 5.91 Å². The second-order valence-corrected chi connectivity index (χ2v) is 8.51. The predicted molar refractivity (Wildman–Crippen MR) is 116 cm³/mol. The molecule has 146 valence electrons. The summed E-state index contributed by atoms with van der Waals surface area (Å²) in [4.78, 5) is 19.1. The molecule has 4 rings (SSSR count). The highest BCUT2D eigenvalue weighted by Crippen LogP contribution is 2.41. The van der Waals surface area contributed by atoms with Gasteiger partial charge in [-0.15, -0.1) is 0 Å². The van der Waals surface area contributed by atoms with Gasteiger partial charge < -0.3 is 5.32 Å². The molecule has 0 aromatic heterocycles. The number of amides is 1. The molecule has 0 bridgehead atoms. The minimum Gasteiger partial charge on any atom is -0.350 e. The van der Waals surface area contributed by atoms with Crippen LogP contribution in [0.3, 0.4) is 0 Å². The third kappa shape index (κ3) is 4.07. The molecule has 0 atom stereocenters. The van der Waals surface area contributed by atoms with Gasteiger partial charge in [-0.05, 0) is 56.3 Å². The summed E-state index contributed by atoms with van der Waals surface area (Å²) in [6, 6.07) is 17.8. The Morgan fingerprint density at radius 2 is 1.83 bits per heavy atom. The number of halogens is 2. The van der Waals surface area contributed by atoms with E-state index in [1.165, 1.54) is 6.07 Å². The van der Waals surface area contributed by atoms with Crippen LogP contribution in [0, 0.1) is 5.82 Å². The van der Waals surface area contributed by atoms with Gasteiger partial charge in [-0.25, -0.2) is 9.38 Å². The average Bonchev–Trinajstić information content (AvgIpc) is 2.83. The van der Waals surface area contributed by atoms with Crippen molar-refractivity contribution in [3.05, 3.63) is 88.2 Å². The number of nitrogens with zero attached hydrogens (tertiary/aromatic N) is 1. The first-order valence-electron chi connectivity index (χ1n) is 9.18. The molecule has 29 heavy (non-hydrogen) atoms. The molecule has 0 fully saturated rings. The third-order valence-corrected chi connectivity index (χ3v) is 5.80. The summed E-state index contributed by atoms with van der Waals surface area (Å²) in [5.41, 5.74) is 2.87. The van der Waals surface area contributed by atoms with E-state index in [0.717, 1.165) is 15.4 Å². The van der Waals surface area contributed by atoms with Gasteiger partial charge in [-0.3, -0.25) is 4.79 Å². The number of aliphatic imine (C=N–C) groups is 1. The number of fused-ring (bicyclic) bond motifs is 2. The molecule has 3 aromatic carbocycles. The SMILES string of the molecule is CC(C)NC(=O)c1ccc2c(c1)N=C(c1ccc(Cl)cc1F)c1ccccc1S2. The number of rotatable bonds is 3. The Morgan fingerprint density at radius 1 is 1.03 bits per heavy atom. The van der Waals surface area contributed by atoms with E-state index in [2.05, 4.69) is 5.32 Å². The van der Waals surface area contributed by atoms with Crippen molar-refractivity contribution in [3.8, 4) is 0 Å². The first-order chi connectivity index (χ1) is 13.9. The Hall–Kier alpha value is -2.63. The van der Waals surface area contributed by atoms with Gasteiger partial charge in [0.15, 0.2) is 0 Å². The molecular formula is C23H18ClFN2OS. The van der Waals surface area contributed by atoms with Crippen LogP contribution < -0.4 is 5.32 Å². The standard InChI is InChI=1S/C23H18ClFN2OS/c1-13(2)26-23(28)14-7-10-21-19(11-14)27-22(16-9-8-15(24)12-18(16)25)17-5-3-4-6-20(17)29-21/h3-13H,1-2H3,(H,26,28). The van der Waals surface area contributed by atoms with Crippen LogP contribution in [0.1, 0.15) is 35.3 Å². The van der Waals surface area contributed by atoms with E-state index in [-0.39, 0.29) is 11.9 Å². The van der Waals surface area contributed by atoms with E-state index in [0.29, 0.717) is 27.5 Å². The zero-order valence-electron chi connectivity index (χ0n) is 15.9. The van der Waals surface area contributed by atoms with Gasteiger partial charge in [0, 0.05) is 37.5 Å². The fourth-order valence-corrected chi connectivity index (χ4v) is 4.28. The number of benzene rings is 3. The zero-order chi connectivity index (χ0) is 20.5. The lowest BCUT2D eigenvalue weighted by Crippen LogP contribution is -2.29. The highest BCUT2D eigenvalue weighted by molar-refractivity contribution is 7.99. The number of carbonyl (C=O) groups is 1. The molecule has 0 aliphatic carbocycles. The minimum atomic E-state index is -0.437. The molecule has 3 nitrogen and oxygen atoms in total. The maximum atomic E-state index is 14.8. The number of hydrogen-bond acceptors (Lipinski definition) is 3. The Kier molecular flexibility index (Phi) is 5.43. The summed E-state index contributed by atoms with van der Waals surface area (Å²) in [6.07, 6.45) is 0. The van der Waals surface area contributed by atoms with Crippen molar-refractivity contribution in [2.24, 2.45) is 4.99 Å². The summed E-state index contributed by atoms with van der Waals surface area (Å²) < 4.78 is 14.8. The van der Waals surface area contributed by atoms with E-state index < -0.39 is 5.82 Å². The molecule has 6 heteroatoms. The first-order valence-corrected chi connectivity index (χ1v) is 10.4. The fraction of sp³-hybridized carbons (Fsp3) is 0.130. The third-order valence-electron chi connectivity index (χ3n) is 4.42. The van der Waals surface area contributed by atoms with E-state index in [1.807, 2.05) is 44.2 Å². The maximum absolute atomic E-state index is 14.8. The largest absolute Gasteiger partial charge is 0.350 e. The number of carbonyl (C=O) groups excluding carboxylic acids is 1. The molecule has 1 aliphatic heterocycles. The number of nitrogens with one attached hydrogen (secondary N) is 1. The molecule has 1 N–H and O–H groups in total. The first kappa shape index (κ1) is 19.7. The van der Waals surface area contributed by atoms with Gasteiger partial charge in [-0.2, -0.15) is 0 Å². The van der Waals surface area contributed by atoms with Crippen molar-refractivity contribution >= 4 is 40.7 Å². The topological polar surface area (TPSA) is 41.5 Å². The Balaban J connectivity index is 1.89. The van der Waals surface area contributed by atoms with Crippen molar-refractivity contribution in [1.29, 1.82) is 0 Å². The highest BCUT2D eigenvalue weighted by Gasteiger charge is 2.22. The Labute approximate surface area is 178 Å².